The van der Waals surface area contributed by atoms with E-state index in [-0.39, 0.29) is 17.9 Å². The molecular formula is C28H24O4. The summed E-state index contributed by atoms with van der Waals surface area (Å²) in [5.41, 5.74) is 3.62. The van der Waals surface area contributed by atoms with Crippen LogP contribution in [0.2, 0.25) is 0 Å². The highest BCUT2D eigenvalue weighted by molar-refractivity contribution is 5.76. The summed E-state index contributed by atoms with van der Waals surface area (Å²) in [6.07, 6.45) is -0.148. The van der Waals surface area contributed by atoms with Gasteiger partial charge in [-0.2, -0.15) is 0 Å². The lowest BCUT2D eigenvalue weighted by Crippen LogP contribution is -2.27. The van der Waals surface area contributed by atoms with E-state index < -0.39 is 11.4 Å². The van der Waals surface area contributed by atoms with Crippen molar-refractivity contribution in [1.29, 1.82) is 0 Å². The van der Waals surface area contributed by atoms with Crippen molar-refractivity contribution in [2.45, 2.75) is 18.8 Å². The summed E-state index contributed by atoms with van der Waals surface area (Å²) < 4.78 is 0. The van der Waals surface area contributed by atoms with Gasteiger partial charge in [0, 0.05) is 16.5 Å². The number of aromatic hydroxyl groups is 2. The molecule has 160 valence electrons. The molecule has 4 heteroatoms. The maximum absolute atomic E-state index is 11.9. The molecule has 4 aromatic carbocycles. The Kier molecular flexibility index (Phi) is 5.69. The largest absolute Gasteiger partial charge is 0.507 e. The average molecular weight is 424 g/mol. The number of carboxylic acids is 1. The van der Waals surface area contributed by atoms with Crippen molar-refractivity contribution in [2.24, 2.45) is 0 Å². The maximum atomic E-state index is 11.9. The third-order valence-electron chi connectivity index (χ3n) is 5.94. The first kappa shape index (κ1) is 21.2. The molecule has 4 aromatic rings. The van der Waals surface area contributed by atoms with E-state index in [0.29, 0.717) is 11.1 Å². The van der Waals surface area contributed by atoms with Gasteiger partial charge in [-0.3, -0.25) is 4.79 Å². The zero-order chi connectivity index (χ0) is 22.7. The van der Waals surface area contributed by atoms with Crippen LogP contribution in [0.3, 0.4) is 0 Å². The van der Waals surface area contributed by atoms with Crippen molar-refractivity contribution >= 4 is 5.97 Å². The second-order valence-electron chi connectivity index (χ2n) is 8.10. The minimum atomic E-state index is -0.934. The second-order valence-corrected chi connectivity index (χ2v) is 8.10. The topological polar surface area (TPSA) is 77.8 Å². The van der Waals surface area contributed by atoms with Gasteiger partial charge >= 0.3 is 5.97 Å². The van der Waals surface area contributed by atoms with E-state index in [4.69, 9.17) is 0 Å². The van der Waals surface area contributed by atoms with Gasteiger partial charge < -0.3 is 15.3 Å². The molecule has 0 spiro atoms. The lowest BCUT2D eigenvalue weighted by Gasteiger charge is -2.31. The number of rotatable bonds is 6. The molecule has 0 aliphatic rings. The summed E-state index contributed by atoms with van der Waals surface area (Å²) in [6, 6.07) is 29.4. The molecule has 0 amide bonds. The smallest absolute Gasteiger partial charge is 0.304 e. The highest BCUT2D eigenvalue weighted by Gasteiger charge is 2.33. The number of hydrogen-bond acceptors (Lipinski definition) is 3. The molecule has 0 bridgehead atoms. The summed E-state index contributed by atoms with van der Waals surface area (Å²) in [6.45, 7) is 1.88. The van der Waals surface area contributed by atoms with E-state index in [0.717, 1.165) is 22.3 Å². The Hall–Kier alpha value is -4.05. The standard InChI is InChI=1S/C28H24O4/c1-28(18-27(31)32,21-12-14-25(29)23(16-21)19-8-4-2-5-9-19)22-13-15-26(30)24(17-22)20-10-6-3-7-11-20/h2-17,29-30H,18H2,1H3,(H,31,32). The zero-order valence-electron chi connectivity index (χ0n) is 17.7. The lowest BCUT2D eigenvalue weighted by molar-refractivity contribution is -0.138. The maximum Gasteiger partial charge on any atom is 0.304 e. The van der Waals surface area contributed by atoms with Crippen molar-refractivity contribution in [1.82, 2.24) is 0 Å². The first-order valence-corrected chi connectivity index (χ1v) is 10.4. The molecule has 4 nitrogen and oxygen atoms in total. The number of benzene rings is 4. The molecule has 0 atom stereocenters. The zero-order valence-corrected chi connectivity index (χ0v) is 17.7. The fourth-order valence-corrected chi connectivity index (χ4v) is 4.13. The predicted molar refractivity (Wildman–Crippen MR) is 126 cm³/mol. The number of hydrogen-bond donors (Lipinski definition) is 3. The van der Waals surface area contributed by atoms with E-state index in [9.17, 15) is 20.1 Å². The molecule has 0 aromatic heterocycles. The van der Waals surface area contributed by atoms with E-state index >= 15 is 0 Å². The van der Waals surface area contributed by atoms with Crippen LogP contribution < -0.4 is 0 Å². The van der Waals surface area contributed by atoms with Crippen LogP contribution in [0.25, 0.3) is 22.3 Å². The van der Waals surface area contributed by atoms with Gasteiger partial charge in [0.1, 0.15) is 11.5 Å². The van der Waals surface area contributed by atoms with E-state index in [2.05, 4.69) is 0 Å². The van der Waals surface area contributed by atoms with Gasteiger partial charge in [-0.25, -0.2) is 0 Å². The Balaban J connectivity index is 1.89. The van der Waals surface area contributed by atoms with Gasteiger partial charge in [-0.05, 0) is 46.5 Å². The summed E-state index contributed by atoms with van der Waals surface area (Å²) >= 11 is 0. The first-order chi connectivity index (χ1) is 15.4. The number of phenolic OH excluding ortho intramolecular Hbond substituents is 2. The van der Waals surface area contributed by atoms with Crippen molar-refractivity contribution < 1.29 is 20.1 Å². The molecule has 0 fully saturated rings. The van der Waals surface area contributed by atoms with E-state index in [1.54, 1.807) is 24.3 Å². The highest BCUT2D eigenvalue weighted by atomic mass is 16.4. The van der Waals surface area contributed by atoms with Crippen LogP contribution >= 0.6 is 0 Å². The van der Waals surface area contributed by atoms with Crippen LogP contribution in [0.1, 0.15) is 24.5 Å². The average Bonchev–Trinajstić information content (AvgIpc) is 2.80. The minimum Gasteiger partial charge on any atom is -0.507 e. The second kappa shape index (κ2) is 8.60. The third-order valence-corrected chi connectivity index (χ3v) is 5.94. The Morgan fingerprint density at radius 3 is 1.47 bits per heavy atom. The van der Waals surface area contributed by atoms with Crippen LogP contribution in [0, 0.1) is 0 Å². The Bertz CT molecular complexity index is 1160. The highest BCUT2D eigenvalue weighted by Crippen LogP contribution is 2.42. The van der Waals surface area contributed by atoms with Gasteiger partial charge in [-0.15, -0.1) is 0 Å². The minimum absolute atomic E-state index is 0.133. The fraction of sp³-hybridized carbons (Fsp3) is 0.107. The molecule has 3 N–H and O–H groups in total. The summed E-state index contributed by atoms with van der Waals surface area (Å²) in [7, 11) is 0. The lowest BCUT2D eigenvalue weighted by atomic mass is 9.72. The molecule has 0 heterocycles. The van der Waals surface area contributed by atoms with Crippen molar-refractivity contribution in [3.63, 3.8) is 0 Å². The molecule has 0 saturated carbocycles. The Morgan fingerprint density at radius 2 is 1.09 bits per heavy atom. The number of carbonyl (C=O) groups is 1. The van der Waals surface area contributed by atoms with Gasteiger partial charge in [0.15, 0.2) is 0 Å². The van der Waals surface area contributed by atoms with Crippen molar-refractivity contribution in [3.8, 4) is 33.8 Å². The first-order valence-electron chi connectivity index (χ1n) is 10.4. The predicted octanol–water partition coefficient (Wildman–Crippen LogP) is 6.21. The Morgan fingerprint density at radius 1 is 0.688 bits per heavy atom. The van der Waals surface area contributed by atoms with Crippen LogP contribution in [0.15, 0.2) is 97.1 Å². The van der Waals surface area contributed by atoms with E-state index in [1.807, 2.05) is 79.7 Å². The van der Waals surface area contributed by atoms with E-state index in [1.165, 1.54) is 0 Å². The van der Waals surface area contributed by atoms with Crippen molar-refractivity contribution in [2.75, 3.05) is 0 Å². The van der Waals surface area contributed by atoms with Gasteiger partial charge in [0.05, 0.1) is 6.42 Å². The Labute approximate surface area is 187 Å². The van der Waals surface area contributed by atoms with Crippen LogP contribution in [0.4, 0.5) is 0 Å². The molecule has 0 saturated heterocycles. The van der Waals surface area contributed by atoms with Gasteiger partial charge in [-0.1, -0.05) is 79.7 Å². The van der Waals surface area contributed by atoms with Gasteiger partial charge in [0.25, 0.3) is 0 Å². The molecule has 0 aliphatic heterocycles. The normalized spacial score (nSPS) is 11.3. The molecule has 4 rings (SSSR count). The molecule has 0 unspecified atom stereocenters. The van der Waals surface area contributed by atoms with Gasteiger partial charge in [0.2, 0.25) is 0 Å². The molecule has 32 heavy (non-hydrogen) atoms. The summed E-state index contributed by atoms with van der Waals surface area (Å²) in [5.74, 6) is -0.669. The van der Waals surface area contributed by atoms with Crippen LogP contribution in [-0.2, 0) is 10.2 Å². The number of aliphatic carboxylic acids is 1. The molecule has 0 aliphatic carbocycles. The SMILES string of the molecule is CC(CC(=O)O)(c1ccc(O)c(-c2ccccc2)c1)c1ccc(O)c(-c2ccccc2)c1. The molecule has 0 radical (unpaired) electrons. The number of phenols is 2. The fourth-order valence-electron chi connectivity index (χ4n) is 4.13. The van der Waals surface area contributed by atoms with Crippen LogP contribution in [0.5, 0.6) is 11.5 Å². The summed E-state index contributed by atoms with van der Waals surface area (Å²) in [4.78, 5) is 11.9. The number of carboxylic acid groups (broad SMARTS) is 1. The summed E-state index contributed by atoms with van der Waals surface area (Å²) in [5, 5.41) is 30.7. The van der Waals surface area contributed by atoms with Crippen LogP contribution in [-0.4, -0.2) is 21.3 Å². The van der Waals surface area contributed by atoms with Crippen molar-refractivity contribution in [3.05, 3.63) is 108 Å². The third kappa shape index (κ3) is 4.08. The monoisotopic (exact) mass is 424 g/mol. The molecular weight excluding hydrogens is 400 g/mol. The quantitative estimate of drug-likeness (QED) is 0.344.